The van der Waals surface area contributed by atoms with Gasteiger partial charge in [0.1, 0.15) is 0 Å². The molecule has 3 aromatic heterocycles. The van der Waals surface area contributed by atoms with Crippen molar-refractivity contribution in [2.45, 2.75) is 0 Å². The summed E-state index contributed by atoms with van der Waals surface area (Å²) in [7, 11) is 0. The van der Waals surface area contributed by atoms with Gasteiger partial charge in [0.25, 0.3) is 0 Å². The van der Waals surface area contributed by atoms with Crippen LogP contribution in [-0.4, -0.2) is 19.9 Å². The molecule has 6 nitrogen and oxygen atoms in total. The first-order valence-corrected chi connectivity index (χ1v) is 12.2. The van der Waals surface area contributed by atoms with Gasteiger partial charge >= 0.3 is 0 Å². The summed E-state index contributed by atoms with van der Waals surface area (Å²) in [6.07, 6.45) is 7.94. The van der Waals surface area contributed by atoms with Gasteiger partial charge in [-0.15, -0.1) is 0 Å². The molecule has 0 spiro atoms. The van der Waals surface area contributed by atoms with E-state index >= 15 is 0 Å². The van der Waals surface area contributed by atoms with E-state index in [0.29, 0.717) is 0 Å². The fourth-order valence-corrected chi connectivity index (χ4v) is 4.92. The topological polar surface area (TPSA) is 97.2 Å². The molecule has 38 heavy (non-hydrogen) atoms. The largest absolute Gasteiger partial charge is 0.355 e. The van der Waals surface area contributed by atoms with Gasteiger partial charge in [-0.25, -0.2) is 9.97 Å². The second-order valence-corrected chi connectivity index (χ2v) is 9.25. The van der Waals surface area contributed by atoms with Crippen LogP contribution in [0.3, 0.4) is 0 Å². The van der Waals surface area contributed by atoms with Crippen molar-refractivity contribution in [2.24, 2.45) is 0 Å². The smallest absolute Gasteiger partial charge is 0.178 e. The van der Waals surface area contributed by atoms with Crippen LogP contribution in [0.25, 0.3) is 68.6 Å². The van der Waals surface area contributed by atoms with Gasteiger partial charge in [0, 0.05) is 33.2 Å². The van der Waals surface area contributed by atoms with Crippen molar-refractivity contribution in [3.8, 4) is 33.8 Å². The molecule has 2 radical (unpaired) electrons. The molecule has 180 valence electrons. The van der Waals surface area contributed by atoms with E-state index in [1.54, 1.807) is 24.3 Å². The van der Waals surface area contributed by atoms with Crippen LogP contribution in [0.5, 0.6) is 11.5 Å². The maximum absolute atomic E-state index is 11.8. The zero-order valence-electron chi connectivity index (χ0n) is 20.1. The van der Waals surface area contributed by atoms with E-state index in [2.05, 4.69) is 9.97 Å². The Labute approximate surface area is 218 Å². The van der Waals surface area contributed by atoms with Crippen LogP contribution in [0, 0.1) is 0 Å². The lowest BCUT2D eigenvalue weighted by Gasteiger charge is -2.04. The van der Waals surface area contributed by atoms with E-state index in [4.69, 9.17) is 9.97 Å². The van der Waals surface area contributed by atoms with Crippen LogP contribution in [-0.2, 0) is 10.2 Å². The second kappa shape index (κ2) is 8.64. The van der Waals surface area contributed by atoms with Crippen LogP contribution in [0.4, 0.5) is 0 Å². The second-order valence-electron chi connectivity index (χ2n) is 9.25. The van der Waals surface area contributed by atoms with Gasteiger partial charge in [-0.05, 0) is 96.1 Å². The summed E-state index contributed by atoms with van der Waals surface area (Å²) in [5.41, 5.74) is 10.4. The third-order valence-corrected chi connectivity index (χ3v) is 6.68. The Bertz CT molecular complexity index is 1780. The van der Waals surface area contributed by atoms with Gasteiger partial charge < -0.3 is 9.97 Å². The van der Waals surface area contributed by atoms with Crippen molar-refractivity contribution in [3.63, 3.8) is 0 Å². The van der Waals surface area contributed by atoms with E-state index in [1.165, 1.54) is 0 Å². The number of rotatable bonds is 2. The molecule has 8 bridgehead atoms. The van der Waals surface area contributed by atoms with Crippen molar-refractivity contribution < 1.29 is 10.2 Å². The molecule has 2 aromatic carbocycles. The Balaban J connectivity index is 1.56. The average Bonchev–Trinajstić information content (AvgIpc) is 3.72. The molecule has 6 heteroatoms. The number of hydrogen-bond acceptors (Lipinski definition) is 2. The van der Waals surface area contributed by atoms with Gasteiger partial charge in [0.15, 0.2) is 11.5 Å². The fraction of sp³-hybridized carbons (Fsp3) is 0. The van der Waals surface area contributed by atoms with E-state index in [9.17, 15) is 10.2 Å². The fourth-order valence-electron chi connectivity index (χ4n) is 4.92. The minimum Gasteiger partial charge on any atom is -0.355 e. The third-order valence-electron chi connectivity index (χ3n) is 6.68. The molecule has 0 atom stereocenters. The maximum atomic E-state index is 11.8. The molecule has 2 aliphatic rings. The summed E-state index contributed by atoms with van der Waals surface area (Å²) < 4.78 is 0. The number of benzene rings is 2. The summed E-state index contributed by atoms with van der Waals surface area (Å²) in [6, 6.07) is 25.6. The SMILES string of the molecule is [O]c1ccc(-c2c3nc(cc4ccc([nH]4)c(-c4ccc([O])cc4)c4nc(cc5ccc2[nH]5)C=C4)C=C3)cc1. The van der Waals surface area contributed by atoms with Crippen LogP contribution in [0.1, 0.15) is 22.8 Å². The normalized spacial score (nSPS) is 12.2. The van der Waals surface area contributed by atoms with Gasteiger partial charge in [-0.3, -0.25) is 10.2 Å². The highest BCUT2D eigenvalue weighted by Crippen LogP contribution is 2.33. The molecule has 2 aliphatic heterocycles. The van der Waals surface area contributed by atoms with Crippen LogP contribution < -0.4 is 0 Å². The number of fused-ring (bicyclic) bond motifs is 8. The molecule has 5 heterocycles. The number of hydrogen-bond donors (Lipinski definition) is 2. The Morgan fingerprint density at radius 3 is 1.32 bits per heavy atom. The predicted molar refractivity (Wildman–Crippen MR) is 150 cm³/mol. The third kappa shape index (κ3) is 3.94. The minimum atomic E-state index is -0.0340. The number of aromatic nitrogens is 4. The first kappa shape index (κ1) is 21.9. The van der Waals surface area contributed by atoms with Crippen molar-refractivity contribution in [1.29, 1.82) is 0 Å². The quantitative estimate of drug-likeness (QED) is 0.254. The van der Waals surface area contributed by atoms with Crippen LogP contribution in [0.2, 0.25) is 0 Å². The van der Waals surface area contributed by atoms with Crippen LogP contribution >= 0.6 is 0 Å². The molecule has 0 unspecified atom stereocenters. The monoisotopic (exact) mass is 492 g/mol. The highest BCUT2D eigenvalue weighted by atomic mass is 16.3. The lowest BCUT2D eigenvalue weighted by atomic mass is 10.0. The van der Waals surface area contributed by atoms with Gasteiger partial charge in [-0.1, -0.05) is 24.3 Å². The Morgan fingerprint density at radius 1 is 0.474 bits per heavy atom. The maximum Gasteiger partial charge on any atom is 0.178 e. The number of nitrogens with one attached hydrogen (secondary N) is 2. The minimum absolute atomic E-state index is 0.0340. The van der Waals surface area contributed by atoms with Crippen molar-refractivity contribution >= 4 is 46.4 Å². The predicted octanol–water partition coefficient (Wildman–Crippen LogP) is 8.28. The zero-order chi connectivity index (χ0) is 25.6. The van der Waals surface area contributed by atoms with E-state index in [0.717, 1.165) is 67.1 Å². The summed E-state index contributed by atoms with van der Waals surface area (Å²) in [4.78, 5) is 16.8. The highest BCUT2D eigenvalue weighted by Gasteiger charge is 2.13. The molecular formula is C32H20N4O2. The van der Waals surface area contributed by atoms with Crippen molar-refractivity contribution in [2.75, 3.05) is 0 Å². The summed E-state index contributed by atoms with van der Waals surface area (Å²) in [6.45, 7) is 0. The van der Waals surface area contributed by atoms with Crippen LogP contribution in [0.15, 0.2) is 84.9 Å². The number of nitrogens with zero attached hydrogens (tertiary/aromatic N) is 2. The van der Waals surface area contributed by atoms with Gasteiger partial charge in [0.05, 0.1) is 22.8 Å². The molecule has 0 saturated heterocycles. The van der Waals surface area contributed by atoms with Gasteiger partial charge in [0.2, 0.25) is 0 Å². The number of aromatic amines is 2. The van der Waals surface area contributed by atoms with Gasteiger partial charge in [-0.2, -0.15) is 0 Å². The van der Waals surface area contributed by atoms with E-state index in [-0.39, 0.29) is 11.5 Å². The first-order chi connectivity index (χ1) is 18.6. The Morgan fingerprint density at radius 2 is 0.895 bits per heavy atom. The van der Waals surface area contributed by atoms with E-state index in [1.807, 2.05) is 85.0 Å². The molecule has 0 saturated carbocycles. The lowest BCUT2D eigenvalue weighted by molar-refractivity contribution is 0.354. The Hall–Kier alpha value is -5.36. The number of H-pyrrole nitrogens is 2. The highest BCUT2D eigenvalue weighted by molar-refractivity contribution is 5.93. The summed E-state index contributed by atoms with van der Waals surface area (Å²) in [5, 5.41) is 23.5. The lowest BCUT2D eigenvalue weighted by Crippen LogP contribution is -1.86. The zero-order valence-corrected chi connectivity index (χ0v) is 20.1. The van der Waals surface area contributed by atoms with Crippen molar-refractivity contribution in [3.05, 3.63) is 108 Å². The standard InChI is InChI=1S/C32H20N4O2/c37-25-9-1-19(2-10-25)31-27-13-5-21(33-27)17-23-7-15-29(35-23)32(20-3-11-26(38)12-4-20)30-16-8-24(36-30)18-22-6-14-28(31)34-22/h1-18,33,36H. The first-order valence-electron chi connectivity index (χ1n) is 12.2. The molecule has 0 aliphatic carbocycles. The molecule has 7 rings (SSSR count). The van der Waals surface area contributed by atoms with E-state index < -0.39 is 0 Å². The molecule has 5 aromatic rings. The molecule has 0 fully saturated rings. The summed E-state index contributed by atoms with van der Waals surface area (Å²) in [5.74, 6) is -0.0679. The molecule has 2 N–H and O–H groups in total. The Kier molecular flexibility index (Phi) is 4.97. The molecule has 0 amide bonds. The summed E-state index contributed by atoms with van der Waals surface area (Å²) >= 11 is 0. The molecular weight excluding hydrogens is 472 g/mol. The average molecular weight is 493 g/mol. The van der Waals surface area contributed by atoms with Crippen molar-refractivity contribution in [1.82, 2.24) is 19.9 Å².